The molecule has 5 rings (SSSR count). The van der Waals surface area contributed by atoms with Gasteiger partial charge in [0.25, 0.3) is 0 Å². The third-order valence-electron chi connectivity index (χ3n) is 7.33. The summed E-state index contributed by atoms with van der Waals surface area (Å²) in [7, 11) is 0. The summed E-state index contributed by atoms with van der Waals surface area (Å²) in [6, 6.07) is 22.1. The number of thiocarbonyl (C=S) groups is 1. The molecule has 8 heteroatoms. The van der Waals surface area contributed by atoms with Crippen LogP contribution in [0.2, 0.25) is 0 Å². The first-order chi connectivity index (χ1) is 18.9. The Morgan fingerprint density at radius 2 is 1.82 bits per heavy atom. The number of carbonyl (C=O) groups is 1. The Hall–Kier alpha value is -4.04. The molecule has 4 aromatic rings. The quantitative estimate of drug-likeness (QED) is 0.261. The molecule has 2 unspecified atom stereocenters. The number of aromatic nitrogens is 2. The number of aryl methyl sites for hydroxylation is 2. The van der Waals surface area contributed by atoms with Gasteiger partial charge in [-0.15, -0.1) is 0 Å². The number of nitrogens with zero attached hydrogens (tertiary/aromatic N) is 3. The number of halogens is 1. The van der Waals surface area contributed by atoms with Crippen LogP contribution in [0.25, 0.3) is 5.69 Å². The average Bonchev–Trinajstić information content (AvgIpc) is 3.42. The zero-order chi connectivity index (χ0) is 27.5. The number of benzene rings is 2. The Bertz CT molecular complexity index is 1500. The molecule has 2 aromatic carbocycles. The van der Waals surface area contributed by atoms with Crippen molar-refractivity contribution in [1.29, 1.82) is 0 Å². The lowest BCUT2D eigenvalue weighted by molar-refractivity contribution is -0.116. The standard InChI is InChI=1S/C31H32FN5OS/c1-4-22-11-5-7-13-25(22)34-28(38)16-18-36-30(29(35-31(36)39)26-14-9-10-17-33-26)23-19-20(2)37(21(23)3)27-15-8-6-12-24(27)32/h5-15,17,19,29-30H,4,16,18H2,1-3H3,(H,34,38)(H,35,39). The van der Waals surface area contributed by atoms with Gasteiger partial charge in [-0.05, 0) is 80.0 Å². The van der Waals surface area contributed by atoms with Crippen molar-refractivity contribution < 1.29 is 9.18 Å². The number of rotatable bonds is 8. The van der Waals surface area contributed by atoms with Crippen molar-refractivity contribution in [1.82, 2.24) is 19.8 Å². The van der Waals surface area contributed by atoms with Gasteiger partial charge >= 0.3 is 0 Å². The lowest BCUT2D eigenvalue weighted by Gasteiger charge is -2.28. The molecule has 0 aliphatic carbocycles. The molecule has 0 bridgehead atoms. The van der Waals surface area contributed by atoms with Crippen molar-refractivity contribution in [2.45, 2.75) is 45.7 Å². The van der Waals surface area contributed by atoms with E-state index in [-0.39, 0.29) is 30.2 Å². The maximum Gasteiger partial charge on any atom is 0.226 e. The minimum Gasteiger partial charge on any atom is -0.352 e. The minimum absolute atomic E-state index is 0.0736. The van der Waals surface area contributed by atoms with E-state index in [1.165, 1.54) is 6.07 Å². The van der Waals surface area contributed by atoms with Gasteiger partial charge < -0.3 is 20.1 Å². The second-order valence-electron chi connectivity index (χ2n) is 9.74. The fourth-order valence-corrected chi connectivity index (χ4v) is 5.79. The molecule has 2 atom stereocenters. The van der Waals surface area contributed by atoms with Gasteiger partial charge in [-0.1, -0.05) is 43.3 Å². The van der Waals surface area contributed by atoms with Crippen LogP contribution in [0.4, 0.5) is 10.1 Å². The molecule has 0 spiro atoms. The fourth-order valence-electron chi connectivity index (χ4n) is 5.46. The van der Waals surface area contributed by atoms with Crippen molar-refractivity contribution in [3.05, 3.63) is 113 Å². The predicted molar refractivity (Wildman–Crippen MR) is 156 cm³/mol. The molecule has 6 nitrogen and oxygen atoms in total. The summed E-state index contributed by atoms with van der Waals surface area (Å²) in [6.07, 6.45) is 2.86. The van der Waals surface area contributed by atoms with Crippen LogP contribution in [-0.4, -0.2) is 32.0 Å². The fraction of sp³-hybridized carbons (Fsp3) is 0.258. The molecule has 1 saturated heterocycles. The first-order valence-electron chi connectivity index (χ1n) is 13.2. The number of amides is 1. The highest BCUT2D eigenvalue weighted by Gasteiger charge is 2.41. The summed E-state index contributed by atoms with van der Waals surface area (Å²) in [5.41, 5.74) is 6.13. The van der Waals surface area contributed by atoms with Crippen LogP contribution in [0.3, 0.4) is 0 Å². The van der Waals surface area contributed by atoms with E-state index < -0.39 is 0 Å². The Labute approximate surface area is 233 Å². The van der Waals surface area contributed by atoms with Gasteiger partial charge in [0.05, 0.1) is 23.5 Å². The van der Waals surface area contributed by atoms with Gasteiger partial charge in [0.15, 0.2) is 5.11 Å². The molecule has 2 aromatic heterocycles. The molecule has 0 radical (unpaired) electrons. The summed E-state index contributed by atoms with van der Waals surface area (Å²) < 4.78 is 16.8. The molecule has 1 fully saturated rings. The van der Waals surface area contributed by atoms with Crippen LogP contribution in [-0.2, 0) is 11.2 Å². The zero-order valence-electron chi connectivity index (χ0n) is 22.3. The molecule has 200 valence electrons. The second-order valence-corrected chi connectivity index (χ2v) is 10.1. The van der Waals surface area contributed by atoms with Gasteiger partial charge in [-0.2, -0.15) is 0 Å². The van der Waals surface area contributed by atoms with Crippen LogP contribution in [0.1, 0.15) is 53.6 Å². The highest BCUT2D eigenvalue weighted by Crippen LogP contribution is 2.41. The van der Waals surface area contributed by atoms with Crippen LogP contribution in [0.15, 0.2) is 79.0 Å². The Morgan fingerprint density at radius 1 is 1.08 bits per heavy atom. The molecule has 0 saturated carbocycles. The summed E-state index contributed by atoms with van der Waals surface area (Å²) in [4.78, 5) is 19.7. The van der Waals surface area contributed by atoms with E-state index in [0.717, 1.165) is 40.3 Å². The number of hydrogen-bond acceptors (Lipinski definition) is 3. The van der Waals surface area contributed by atoms with E-state index >= 15 is 0 Å². The number of nitrogens with one attached hydrogen (secondary N) is 2. The van der Waals surface area contributed by atoms with Gasteiger partial charge in [-0.3, -0.25) is 9.78 Å². The smallest absolute Gasteiger partial charge is 0.226 e. The monoisotopic (exact) mass is 541 g/mol. The molecular formula is C31H32FN5OS. The van der Waals surface area contributed by atoms with Crippen molar-refractivity contribution in [2.75, 3.05) is 11.9 Å². The topological polar surface area (TPSA) is 62.2 Å². The van der Waals surface area contributed by atoms with Gasteiger partial charge in [0.2, 0.25) is 5.91 Å². The molecular weight excluding hydrogens is 509 g/mol. The summed E-state index contributed by atoms with van der Waals surface area (Å²) in [5.74, 6) is -0.358. The zero-order valence-corrected chi connectivity index (χ0v) is 23.1. The van der Waals surface area contributed by atoms with Crippen LogP contribution in [0.5, 0.6) is 0 Å². The number of anilines is 1. The highest BCUT2D eigenvalue weighted by atomic mass is 32.1. The van der Waals surface area contributed by atoms with Crippen LogP contribution in [0, 0.1) is 19.7 Å². The van der Waals surface area contributed by atoms with E-state index in [2.05, 4.69) is 33.5 Å². The van der Waals surface area contributed by atoms with Crippen molar-refractivity contribution in [3.8, 4) is 5.69 Å². The molecule has 2 N–H and O–H groups in total. The van der Waals surface area contributed by atoms with Crippen LogP contribution >= 0.6 is 12.2 Å². The lowest BCUT2D eigenvalue weighted by Crippen LogP contribution is -2.33. The minimum atomic E-state index is -0.284. The maximum absolute atomic E-state index is 14.8. The third kappa shape index (κ3) is 5.29. The molecule has 3 heterocycles. The number of carbonyl (C=O) groups excluding carboxylic acids is 1. The van der Waals surface area contributed by atoms with E-state index in [4.69, 9.17) is 12.2 Å². The van der Waals surface area contributed by atoms with E-state index in [1.54, 1.807) is 18.3 Å². The first kappa shape index (κ1) is 26.6. The molecule has 1 aliphatic rings. The average molecular weight is 542 g/mol. The normalized spacial score (nSPS) is 16.8. The van der Waals surface area contributed by atoms with Gasteiger partial charge in [-0.25, -0.2) is 4.39 Å². The van der Waals surface area contributed by atoms with Crippen molar-refractivity contribution >= 4 is 28.9 Å². The van der Waals surface area contributed by atoms with Gasteiger partial charge in [0, 0.05) is 36.2 Å². The molecule has 39 heavy (non-hydrogen) atoms. The third-order valence-corrected chi connectivity index (χ3v) is 7.68. The van der Waals surface area contributed by atoms with Crippen LogP contribution < -0.4 is 10.6 Å². The maximum atomic E-state index is 14.8. The second kappa shape index (κ2) is 11.4. The first-order valence-corrected chi connectivity index (χ1v) is 13.6. The SMILES string of the molecule is CCc1ccccc1NC(=O)CCN1C(=S)NC(c2ccccn2)C1c1cc(C)n(-c2ccccc2F)c1C. The van der Waals surface area contributed by atoms with Crippen molar-refractivity contribution in [3.63, 3.8) is 0 Å². The summed E-state index contributed by atoms with van der Waals surface area (Å²) in [5, 5.41) is 7.07. The lowest BCUT2D eigenvalue weighted by atomic mass is 9.96. The number of pyridine rings is 1. The van der Waals surface area contributed by atoms with Crippen molar-refractivity contribution in [2.24, 2.45) is 0 Å². The highest BCUT2D eigenvalue weighted by molar-refractivity contribution is 7.80. The Kier molecular flexibility index (Phi) is 7.74. The Balaban J connectivity index is 1.47. The molecule has 1 amide bonds. The Morgan fingerprint density at radius 3 is 2.56 bits per heavy atom. The largest absolute Gasteiger partial charge is 0.352 e. The number of para-hydroxylation sites is 2. The van der Waals surface area contributed by atoms with E-state index in [1.807, 2.05) is 66.9 Å². The van der Waals surface area contributed by atoms with E-state index in [0.29, 0.717) is 17.3 Å². The van der Waals surface area contributed by atoms with E-state index in [9.17, 15) is 9.18 Å². The van der Waals surface area contributed by atoms with Gasteiger partial charge in [0.1, 0.15) is 5.82 Å². The molecule has 1 aliphatic heterocycles. The predicted octanol–water partition coefficient (Wildman–Crippen LogP) is 6.19. The number of hydrogen-bond donors (Lipinski definition) is 2. The summed E-state index contributed by atoms with van der Waals surface area (Å²) in [6.45, 7) is 6.46. The summed E-state index contributed by atoms with van der Waals surface area (Å²) >= 11 is 5.80.